The Morgan fingerprint density at radius 3 is 2.43 bits per heavy atom. The molecule has 0 fully saturated rings. The number of hydrogen-bond donors (Lipinski definition) is 1. The topological polar surface area (TPSA) is 75.7 Å². The number of benzene rings is 3. The summed E-state index contributed by atoms with van der Waals surface area (Å²) >= 11 is 0. The molecule has 0 bridgehead atoms. The Hall–Kier alpha value is -2.90. The Morgan fingerprint density at radius 1 is 1.04 bits per heavy atom. The Labute approximate surface area is 164 Å². The van der Waals surface area contributed by atoms with Gasteiger partial charge in [0.1, 0.15) is 5.75 Å². The standard InChI is InChI=1S/C21H22N2O4S/c1-15(24)22-20-11-10-19(13-21(20)27-3)28(25,26)23(2)14-16-8-9-17-6-4-5-7-18(17)12-16/h4-13H,14H2,1-3H3,(H,22,24). The molecule has 3 aromatic carbocycles. The van der Waals surface area contributed by atoms with Crippen LogP contribution in [0.1, 0.15) is 12.5 Å². The molecule has 3 rings (SSSR count). The molecular formula is C21H22N2O4S. The van der Waals surface area contributed by atoms with Crippen LogP contribution in [0.5, 0.6) is 5.75 Å². The molecular weight excluding hydrogens is 376 g/mol. The quantitative estimate of drug-likeness (QED) is 0.688. The van der Waals surface area contributed by atoms with Gasteiger partial charge in [0.25, 0.3) is 0 Å². The zero-order valence-electron chi connectivity index (χ0n) is 16.0. The minimum Gasteiger partial charge on any atom is -0.495 e. The number of rotatable bonds is 6. The molecule has 1 N–H and O–H groups in total. The number of carbonyl (C=O) groups excluding carboxylic acids is 1. The molecule has 0 aliphatic rings. The fraction of sp³-hybridized carbons (Fsp3) is 0.190. The van der Waals surface area contributed by atoms with Crippen LogP contribution in [-0.4, -0.2) is 32.8 Å². The summed E-state index contributed by atoms with van der Waals surface area (Å²) < 4.78 is 32.5. The fourth-order valence-corrected chi connectivity index (χ4v) is 4.16. The average Bonchev–Trinajstić information content (AvgIpc) is 2.67. The summed E-state index contributed by atoms with van der Waals surface area (Å²) in [5.41, 5.74) is 1.32. The van der Waals surface area contributed by atoms with E-state index in [1.54, 1.807) is 7.05 Å². The van der Waals surface area contributed by atoms with E-state index in [1.165, 1.54) is 36.5 Å². The average molecular weight is 398 g/mol. The second-order valence-corrected chi connectivity index (χ2v) is 8.53. The highest BCUT2D eigenvalue weighted by atomic mass is 32.2. The number of amides is 1. The van der Waals surface area contributed by atoms with E-state index in [4.69, 9.17) is 4.74 Å². The lowest BCUT2D eigenvalue weighted by Gasteiger charge is -2.19. The van der Waals surface area contributed by atoms with Crippen molar-refractivity contribution in [2.75, 3.05) is 19.5 Å². The van der Waals surface area contributed by atoms with Crippen LogP contribution in [0.3, 0.4) is 0 Å². The van der Waals surface area contributed by atoms with Crippen LogP contribution >= 0.6 is 0 Å². The normalized spacial score (nSPS) is 11.6. The summed E-state index contributed by atoms with van der Waals surface area (Å²) in [4.78, 5) is 11.4. The number of hydrogen-bond acceptors (Lipinski definition) is 4. The molecule has 3 aromatic rings. The third kappa shape index (κ3) is 4.16. The molecule has 6 nitrogen and oxygen atoms in total. The number of anilines is 1. The van der Waals surface area contributed by atoms with Gasteiger partial charge in [-0.15, -0.1) is 0 Å². The molecule has 0 saturated heterocycles. The summed E-state index contributed by atoms with van der Waals surface area (Å²) in [6.07, 6.45) is 0. The van der Waals surface area contributed by atoms with Crippen molar-refractivity contribution in [3.8, 4) is 5.75 Å². The van der Waals surface area contributed by atoms with Crippen LogP contribution < -0.4 is 10.1 Å². The highest BCUT2D eigenvalue weighted by molar-refractivity contribution is 7.89. The number of ether oxygens (including phenoxy) is 1. The van der Waals surface area contributed by atoms with Crippen LogP contribution in [0.2, 0.25) is 0 Å². The minimum absolute atomic E-state index is 0.0988. The van der Waals surface area contributed by atoms with Gasteiger partial charge in [-0.3, -0.25) is 4.79 Å². The predicted molar refractivity (Wildman–Crippen MR) is 110 cm³/mol. The Balaban J connectivity index is 1.87. The van der Waals surface area contributed by atoms with Crippen LogP contribution in [0, 0.1) is 0 Å². The maximum atomic E-state index is 13.0. The summed E-state index contributed by atoms with van der Waals surface area (Å²) in [5, 5.41) is 4.79. The number of carbonyl (C=O) groups is 1. The molecule has 1 amide bonds. The Morgan fingerprint density at radius 2 is 1.75 bits per heavy atom. The van der Waals surface area contributed by atoms with Gasteiger partial charge in [0.05, 0.1) is 17.7 Å². The highest BCUT2D eigenvalue weighted by Gasteiger charge is 2.22. The molecule has 0 aromatic heterocycles. The van der Waals surface area contributed by atoms with Crippen molar-refractivity contribution >= 4 is 32.4 Å². The zero-order chi connectivity index (χ0) is 20.3. The molecule has 28 heavy (non-hydrogen) atoms. The first-order valence-electron chi connectivity index (χ1n) is 8.71. The summed E-state index contributed by atoms with van der Waals surface area (Å²) in [6, 6.07) is 18.2. The number of methoxy groups -OCH3 is 1. The van der Waals surface area contributed by atoms with E-state index in [0.29, 0.717) is 5.69 Å². The van der Waals surface area contributed by atoms with Gasteiger partial charge in [-0.1, -0.05) is 36.4 Å². The van der Waals surface area contributed by atoms with Crippen LogP contribution in [-0.2, 0) is 21.4 Å². The van der Waals surface area contributed by atoms with Crippen molar-refractivity contribution in [2.24, 2.45) is 0 Å². The van der Waals surface area contributed by atoms with E-state index in [2.05, 4.69) is 5.32 Å². The van der Waals surface area contributed by atoms with Crippen LogP contribution in [0.4, 0.5) is 5.69 Å². The van der Waals surface area contributed by atoms with Crippen molar-refractivity contribution in [2.45, 2.75) is 18.4 Å². The third-order valence-corrected chi connectivity index (χ3v) is 6.21. The maximum absolute atomic E-state index is 13.0. The Kier molecular flexibility index (Phi) is 5.67. The first-order chi connectivity index (χ1) is 13.3. The van der Waals surface area contributed by atoms with Gasteiger partial charge < -0.3 is 10.1 Å². The Bertz CT molecular complexity index is 1130. The molecule has 0 unspecified atom stereocenters. The number of sulfonamides is 1. The van der Waals surface area contributed by atoms with Crippen molar-refractivity contribution in [3.63, 3.8) is 0 Å². The van der Waals surface area contributed by atoms with Crippen molar-refractivity contribution < 1.29 is 17.9 Å². The van der Waals surface area contributed by atoms with Crippen molar-refractivity contribution in [3.05, 3.63) is 66.2 Å². The smallest absolute Gasteiger partial charge is 0.243 e. The van der Waals surface area contributed by atoms with E-state index in [1.807, 2.05) is 42.5 Å². The van der Waals surface area contributed by atoms with Gasteiger partial charge in [0, 0.05) is 26.6 Å². The zero-order valence-corrected chi connectivity index (χ0v) is 16.8. The second-order valence-electron chi connectivity index (χ2n) is 6.49. The molecule has 0 spiro atoms. The van der Waals surface area contributed by atoms with Crippen LogP contribution in [0.25, 0.3) is 10.8 Å². The van der Waals surface area contributed by atoms with E-state index in [0.717, 1.165) is 16.3 Å². The minimum atomic E-state index is -3.73. The van der Waals surface area contributed by atoms with E-state index < -0.39 is 10.0 Å². The molecule has 0 heterocycles. The molecule has 0 radical (unpaired) electrons. The highest BCUT2D eigenvalue weighted by Crippen LogP contribution is 2.29. The van der Waals surface area contributed by atoms with Crippen LogP contribution in [0.15, 0.2) is 65.6 Å². The first kappa shape index (κ1) is 19.9. The molecule has 0 saturated carbocycles. The lowest BCUT2D eigenvalue weighted by atomic mass is 10.1. The summed E-state index contributed by atoms with van der Waals surface area (Å²) in [5.74, 6) is 0.0257. The first-order valence-corrected chi connectivity index (χ1v) is 10.1. The SMILES string of the molecule is COc1cc(S(=O)(=O)N(C)Cc2ccc3ccccc3c2)ccc1NC(C)=O. The number of fused-ring (bicyclic) bond motifs is 1. The van der Waals surface area contributed by atoms with Gasteiger partial charge in [0.15, 0.2) is 0 Å². The predicted octanol–water partition coefficient (Wildman–Crippen LogP) is 3.63. The summed E-state index contributed by atoms with van der Waals surface area (Å²) in [7, 11) is -0.761. The molecule has 0 atom stereocenters. The van der Waals surface area contributed by atoms with E-state index in [-0.39, 0.29) is 23.1 Å². The van der Waals surface area contributed by atoms with Gasteiger partial charge in [-0.05, 0) is 34.5 Å². The van der Waals surface area contributed by atoms with E-state index in [9.17, 15) is 13.2 Å². The lowest BCUT2D eigenvalue weighted by molar-refractivity contribution is -0.114. The molecule has 0 aliphatic heterocycles. The largest absolute Gasteiger partial charge is 0.495 e. The summed E-state index contributed by atoms with van der Waals surface area (Å²) in [6.45, 7) is 1.62. The maximum Gasteiger partial charge on any atom is 0.243 e. The lowest BCUT2D eigenvalue weighted by Crippen LogP contribution is -2.26. The van der Waals surface area contributed by atoms with Gasteiger partial charge in [-0.25, -0.2) is 8.42 Å². The molecule has 7 heteroatoms. The third-order valence-electron chi connectivity index (χ3n) is 4.41. The van der Waals surface area contributed by atoms with Gasteiger partial charge >= 0.3 is 0 Å². The fourth-order valence-electron chi connectivity index (χ4n) is 2.98. The van der Waals surface area contributed by atoms with Gasteiger partial charge in [-0.2, -0.15) is 4.31 Å². The van der Waals surface area contributed by atoms with Gasteiger partial charge in [0.2, 0.25) is 15.9 Å². The van der Waals surface area contributed by atoms with E-state index >= 15 is 0 Å². The number of nitrogens with zero attached hydrogens (tertiary/aromatic N) is 1. The molecule has 146 valence electrons. The number of nitrogens with one attached hydrogen (secondary N) is 1. The second kappa shape index (κ2) is 8.00. The van der Waals surface area contributed by atoms with Crippen molar-refractivity contribution in [1.29, 1.82) is 0 Å². The monoisotopic (exact) mass is 398 g/mol. The van der Waals surface area contributed by atoms with Crippen molar-refractivity contribution in [1.82, 2.24) is 4.31 Å². The molecule has 0 aliphatic carbocycles.